The lowest BCUT2D eigenvalue weighted by Gasteiger charge is -2.23. The van der Waals surface area contributed by atoms with E-state index in [1.165, 1.54) is 37.1 Å². The van der Waals surface area contributed by atoms with Crippen LogP contribution in [0.4, 0.5) is 0 Å². The highest BCUT2D eigenvalue weighted by Gasteiger charge is 2.14. The number of hydrogen-bond acceptors (Lipinski definition) is 2. The van der Waals surface area contributed by atoms with Crippen LogP contribution in [-0.4, -0.2) is 26.7 Å². The summed E-state index contributed by atoms with van der Waals surface area (Å²) in [7, 11) is 2.00. The van der Waals surface area contributed by atoms with E-state index >= 15 is 0 Å². The smallest absolute Gasteiger partial charge is 0.00114 e. The zero-order valence-corrected chi connectivity index (χ0v) is 10.1. The molecule has 0 atom stereocenters. The van der Waals surface area contributed by atoms with Gasteiger partial charge in [0.15, 0.2) is 0 Å². The zero-order chi connectivity index (χ0) is 11.2. The molecule has 1 aliphatic heterocycles. The second-order valence-electron chi connectivity index (χ2n) is 4.62. The molecule has 1 saturated heterocycles. The summed E-state index contributed by atoms with van der Waals surface area (Å²) in [5, 5.41) is 6.60. The first-order valence-electron chi connectivity index (χ1n) is 6.34. The van der Waals surface area contributed by atoms with Crippen molar-refractivity contribution in [3.8, 4) is 0 Å². The minimum Gasteiger partial charge on any atom is -0.319 e. The fourth-order valence-corrected chi connectivity index (χ4v) is 2.38. The van der Waals surface area contributed by atoms with Crippen LogP contribution < -0.4 is 10.6 Å². The molecule has 0 aromatic heterocycles. The average Bonchev–Trinajstić information content (AvgIpc) is 2.38. The van der Waals surface area contributed by atoms with Gasteiger partial charge in [-0.25, -0.2) is 0 Å². The van der Waals surface area contributed by atoms with Gasteiger partial charge < -0.3 is 10.6 Å². The lowest BCUT2D eigenvalue weighted by molar-refractivity contribution is 0.460. The van der Waals surface area contributed by atoms with E-state index in [9.17, 15) is 0 Å². The third-order valence-electron chi connectivity index (χ3n) is 3.45. The van der Waals surface area contributed by atoms with E-state index in [-0.39, 0.29) is 0 Å². The van der Waals surface area contributed by atoms with Crippen LogP contribution in [0.25, 0.3) is 0 Å². The van der Waals surface area contributed by atoms with Crippen molar-refractivity contribution in [1.82, 2.24) is 10.6 Å². The quantitative estimate of drug-likeness (QED) is 0.807. The van der Waals surface area contributed by atoms with Gasteiger partial charge in [0.25, 0.3) is 0 Å². The van der Waals surface area contributed by atoms with E-state index in [0.717, 1.165) is 18.9 Å². The Hall–Kier alpha value is -0.860. The summed E-state index contributed by atoms with van der Waals surface area (Å²) in [6.07, 6.45) is 3.70. The summed E-state index contributed by atoms with van der Waals surface area (Å²) in [4.78, 5) is 0. The molecule has 2 heteroatoms. The second kappa shape index (κ2) is 6.02. The van der Waals surface area contributed by atoms with Crippen LogP contribution in [-0.2, 0) is 6.42 Å². The van der Waals surface area contributed by atoms with E-state index in [4.69, 9.17) is 0 Å². The Morgan fingerprint density at radius 1 is 1.19 bits per heavy atom. The minimum atomic E-state index is 0.777. The van der Waals surface area contributed by atoms with Gasteiger partial charge in [-0.15, -0.1) is 0 Å². The van der Waals surface area contributed by atoms with Gasteiger partial charge >= 0.3 is 0 Å². The molecule has 1 aromatic carbocycles. The molecule has 0 radical (unpaired) electrons. The largest absolute Gasteiger partial charge is 0.319 e. The predicted octanol–water partition coefficient (Wildman–Crippen LogP) is 1.92. The van der Waals surface area contributed by atoms with Crippen molar-refractivity contribution in [3.05, 3.63) is 35.4 Å². The summed E-state index contributed by atoms with van der Waals surface area (Å²) in [6, 6.07) is 9.21. The highest BCUT2D eigenvalue weighted by atomic mass is 14.9. The number of nitrogens with one attached hydrogen (secondary N) is 2. The Bertz CT molecular complexity index is 299. The normalized spacial score (nSPS) is 17.6. The molecule has 0 bridgehead atoms. The van der Waals surface area contributed by atoms with E-state index in [1.807, 2.05) is 7.05 Å². The summed E-state index contributed by atoms with van der Waals surface area (Å²) in [5.41, 5.74) is 2.96. The fourth-order valence-electron chi connectivity index (χ4n) is 2.38. The van der Waals surface area contributed by atoms with Crippen molar-refractivity contribution in [1.29, 1.82) is 0 Å². The van der Waals surface area contributed by atoms with Gasteiger partial charge in [0.1, 0.15) is 0 Å². The molecule has 0 aliphatic carbocycles. The predicted molar refractivity (Wildman–Crippen MR) is 68.9 cm³/mol. The van der Waals surface area contributed by atoms with E-state index in [0.29, 0.717) is 0 Å². The molecule has 2 nitrogen and oxygen atoms in total. The summed E-state index contributed by atoms with van der Waals surface area (Å²) in [6.45, 7) is 3.41. The first-order chi connectivity index (χ1) is 7.90. The third-order valence-corrected chi connectivity index (χ3v) is 3.45. The number of benzene rings is 1. The molecule has 1 aromatic rings. The van der Waals surface area contributed by atoms with Crippen LogP contribution in [0, 0.1) is 0 Å². The van der Waals surface area contributed by atoms with E-state index < -0.39 is 0 Å². The Kier molecular flexibility index (Phi) is 4.37. The minimum absolute atomic E-state index is 0.777. The monoisotopic (exact) mass is 218 g/mol. The number of hydrogen-bond donors (Lipinski definition) is 2. The summed E-state index contributed by atoms with van der Waals surface area (Å²) < 4.78 is 0. The van der Waals surface area contributed by atoms with Gasteiger partial charge in [-0.2, -0.15) is 0 Å². The molecule has 2 rings (SSSR count). The van der Waals surface area contributed by atoms with Crippen molar-refractivity contribution in [2.75, 3.05) is 26.7 Å². The van der Waals surface area contributed by atoms with Crippen LogP contribution in [0.5, 0.6) is 0 Å². The molecule has 0 unspecified atom stereocenters. The fraction of sp³-hybridized carbons (Fsp3) is 0.571. The Labute approximate surface area is 98.4 Å². The third kappa shape index (κ3) is 3.06. The maximum absolute atomic E-state index is 3.42. The molecule has 16 heavy (non-hydrogen) atoms. The van der Waals surface area contributed by atoms with E-state index in [2.05, 4.69) is 34.9 Å². The first-order valence-corrected chi connectivity index (χ1v) is 6.34. The maximum atomic E-state index is 3.42. The van der Waals surface area contributed by atoms with Crippen molar-refractivity contribution in [2.24, 2.45) is 0 Å². The molecule has 2 N–H and O–H groups in total. The van der Waals surface area contributed by atoms with E-state index in [1.54, 1.807) is 0 Å². The van der Waals surface area contributed by atoms with Gasteiger partial charge in [0.2, 0.25) is 0 Å². The molecule has 1 heterocycles. The van der Waals surface area contributed by atoms with Crippen molar-refractivity contribution >= 4 is 0 Å². The summed E-state index contributed by atoms with van der Waals surface area (Å²) in [5.74, 6) is 0.777. The van der Waals surface area contributed by atoms with Crippen LogP contribution in [0.3, 0.4) is 0 Å². The highest BCUT2D eigenvalue weighted by Crippen LogP contribution is 2.25. The molecule has 1 aliphatic rings. The Balaban J connectivity index is 1.95. The van der Waals surface area contributed by atoms with Crippen molar-refractivity contribution in [2.45, 2.75) is 25.2 Å². The standard InChI is InChI=1S/C14H22N2/c1-15-9-6-12-2-4-13(5-3-12)14-7-10-16-11-8-14/h2-5,14-16H,6-11H2,1H3. The van der Waals surface area contributed by atoms with Crippen molar-refractivity contribution < 1.29 is 0 Å². The van der Waals surface area contributed by atoms with Gasteiger partial charge in [-0.3, -0.25) is 0 Å². The average molecular weight is 218 g/mol. The van der Waals surface area contributed by atoms with Gasteiger partial charge in [0.05, 0.1) is 0 Å². The number of rotatable bonds is 4. The topological polar surface area (TPSA) is 24.1 Å². The molecule has 0 saturated carbocycles. The molecule has 1 fully saturated rings. The first kappa shape index (κ1) is 11.6. The number of likely N-dealkylation sites (N-methyl/N-ethyl adjacent to an activating group) is 1. The molecular formula is C14H22N2. The van der Waals surface area contributed by atoms with Crippen LogP contribution in [0.15, 0.2) is 24.3 Å². The second-order valence-corrected chi connectivity index (χ2v) is 4.62. The highest BCUT2D eigenvalue weighted by molar-refractivity contribution is 5.26. The molecule has 0 amide bonds. The lowest BCUT2D eigenvalue weighted by Crippen LogP contribution is -2.26. The zero-order valence-electron chi connectivity index (χ0n) is 10.1. The SMILES string of the molecule is CNCCc1ccc(C2CCNCC2)cc1. The molecular weight excluding hydrogens is 196 g/mol. The Morgan fingerprint density at radius 2 is 1.88 bits per heavy atom. The lowest BCUT2D eigenvalue weighted by atomic mass is 9.89. The van der Waals surface area contributed by atoms with Crippen LogP contribution in [0.2, 0.25) is 0 Å². The number of piperidine rings is 1. The van der Waals surface area contributed by atoms with Crippen LogP contribution in [0.1, 0.15) is 29.9 Å². The van der Waals surface area contributed by atoms with Crippen molar-refractivity contribution in [3.63, 3.8) is 0 Å². The Morgan fingerprint density at radius 3 is 2.50 bits per heavy atom. The molecule has 0 spiro atoms. The molecule has 88 valence electrons. The van der Waals surface area contributed by atoms with Gasteiger partial charge in [0, 0.05) is 0 Å². The maximum Gasteiger partial charge on any atom is -0.00114 e. The summed E-state index contributed by atoms with van der Waals surface area (Å²) >= 11 is 0. The van der Waals surface area contributed by atoms with Gasteiger partial charge in [-0.05, 0) is 63.0 Å². The van der Waals surface area contributed by atoms with Gasteiger partial charge in [-0.1, -0.05) is 24.3 Å². The van der Waals surface area contributed by atoms with Crippen LogP contribution >= 0.6 is 0 Å².